The molecule has 0 radical (unpaired) electrons. The van der Waals surface area contributed by atoms with E-state index in [0.717, 1.165) is 11.8 Å². The predicted octanol–water partition coefficient (Wildman–Crippen LogP) is 1.88. The van der Waals surface area contributed by atoms with Gasteiger partial charge in [-0.15, -0.1) is 10.2 Å². The minimum atomic E-state index is -0.184. The Kier molecular flexibility index (Phi) is 6.53. The number of methoxy groups -OCH3 is 1. The van der Waals surface area contributed by atoms with Crippen molar-refractivity contribution in [2.24, 2.45) is 5.10 Å². The standard InChI is InChI=1S/C18H19N7O3S/c1-28-15-8-7-12(9-14(15)26)10-20-22-17-23-24-18(25(17)19)29-11-16(27)21-13-5-3-2-4-6-13/h2-10,26H,11,19H2,1H3,(H,21,27)(H,22,23)/b20-10+. The number of phenols is 1. The maximum atomic E-state index is 12.0. The van der Waals surface area contributed by atoms with Crippen LogP contribution in [0, 0.1) is 0 Å². The molecule has 0 saturated heterocycles. The fourth-order valence-corrected chi connectivity index (χ4v) is 2.91. The Morgan fingerprint density at radius 1 is 1.31 bits per heavy atom. The molecule has 3 rings (SSSR count). The van der Waals surface area contributed by atoms with Crippen molar-refractivity contribution < 1.29 is 14.6 Å². The fourth-order valence-electron chi connectivity index (χ4n) is 2.25. The average molecular weight is 413 g/mol. The summed E-state index contributed by atoms with van der Waals surface area (Å²) in [4.78, 5) is 12.0. The molecule has 0 aliphatic carbocycles. The van der Waals surface area contributed by atoms with Crippen LogP contribution in [0.4, 0.5) is 11.6 Å². The monoisotopic (exact) mass is 413 g/mol. The topological polar surface area (TPSA) is 140 Å². The van der Waals surface area contributed by atoms with Crippen molar-refractivity contribution in [1.29, 1.82) is 0 Å². The molecule has 0 spiro atoms. The first-order valence-corrected chi connectivity index (χ1v) is 9.39. The number of hydrogen-bond acceptors (Lipinski definition) is 9. The van der Waals surface area contributed by atoms with E-state index in [2.05, 4.69) is 26.0 Å². The Bertz CT molecular complexity index is 1010. The lowest BCUT2D eigenvalue weighted by molar-refractivity contribution is -0.113. The number of hydrazone groups is 1. The molecule has 10 nitrogen and oxygen atoms in total. The number of carbonyl (C=O) groups is 1. The molecule has 3 aromatic rings. The van der Waals surface area contributed by atoms with Gasteiger partial charge in [0.15, 0.2) is 11.5 Å². The number of nitrogens with two attached hydrogens (primary N) is 1. The summed E-state index contributed by atoms with van der Waals surface area (Å²) in [5.74, 6) is 6.44. The van der Waals surface area contributed by atoms with Gasteiger partial charge in [-0.05, 0) is 35.9 Å². The molecule has 0 fully saturated rings. The number of anilines is 2. The number of amides is 1. The van der Waals surface area contributed by atoms with Crippen molar-refractivity contribution in [2.45, 2.75) is 5.16 Å². The zero-order valence-corrected chi connectivity index (χ0v) is 16.3. The Labute approximate surface area is 170 Å². The van der Waals surface area contributed by atoms with E-state index in [1.54, 1.807) is 24.3 Å². The predicted molar refractivity (Wildman–Crippen MR) is 112 cm³/mol. The smallest absolute Gasteiger partial charge is 0.264 e. The van der Waals surface area contributed by atoms with Crippen LogP contribution in [0.5, 0.6) is 11.5 Å². The van der Waals surface area contributed by atoms with Gasteiger partial charge in [0.2, 0.25) is 11.1 Å². The number of thioether (sulfide) groups is 1. The maximum Gasteiger partial charge on any atom is 0.264 e. The first-order chi connectivity index (χ1) is 14.1. The molecule has 0 aliphatic heterocycles. The molecule has 2 aromatic carbocycles. The van der Waals surface area contributed by atoms with Crippen molar-refractivity contribution >= 4 is 35.5 Å². The van der Waals surface area contributed by atoms with Gasteiger partial charge < -0.3 is 21.0 Å². The highest BCUT2D eigenvalue weighted by atomic mass is 32.2. The normalized spacial score (nSPS) is 10.8. The summed E-state index contributed by atoms with van der Waals surface area (Å²) in [5, 5.41) is 24.7. The third-order valence-electron chi connectivity index (χ3n) is 3.64. The van der Waals surface area contributed by atoms with Crippen LogP contribution >= 0.6 is 11.8 Å². The summed E-state index contributed by atoms with van der Waals surface area (Å²) < 4.78 is 6.18. The second-order valence-electron chi connectivity index (χ2n) is 5.68. The first kappa shape index (κ1) is 20.0. The summed E-state index contributed by atoms with van der Waals surface area (Å²) in [6.07, 6.45) is 1.48. The number of aromatic nitrogens is 3. The molecule has 11 heteroatoms. The van der Waals surface area contributed by atoms with Crippen LogP contribution in [0.15, 0.2) is 58.8 Å². The molecular formula is C18H19N7O3S. The van der Waals surface area contributed by atoms with E-state index in [4.69, 9.17) is 10.6 Å². The second kappa shape index (κ2) is 9.46. The number of para-hydroxylation sites is 1. The minimum absolute atomic E-state index is 0.00547. The van der Waals surface area contributed by atoms with E-state index in [-0.39, 0.29) is 23.4 Å². The SMILES string of the molecule is COc1ccc(/C=N/Nc2nnc(SCC(=O)Nc3ccccc3)n2N)cc1O. The highest BCUT2D eigenvalue weighted by Gasteiger charge is 2.12. The number of rotatable bonds is 8. The van der Waals surface area contributed by atoms with Crippen molar-refractivity contribution in [2.75, 3.05) is 29.4 Å². The van der Waals surface area contributed by atoms with Crippen LogP contribution < -0.4 is 21.3 Å². The van der Waals surface area contributed by atoms with E-state index >= 15 is 0 Å². The highest BCUT2D eigenvalue weighted by Crippen LogP contribution is 2.25. The first-order valence-electron chi connectivity index (χ1n) is 8.41. The van der Waals surface area contributed by atoms with Crippen molar-refractivity contribution in [3.05, 3.63) is 54.1 Å². The van der Waals surface area contributed by atoms with E-state index in [9.17, 15) is 9.90 Å². The van der Waals surface area contributed by atoms with Crippen LogP contribution in [-0.2, 0) is 4.79 Å². The van der Waals surface area contributed by atoms with Crippen LogP contribution in [0.1, 0.15) is 5.56 Å². The molecule has 0 aliphatic rings. The molecule has 1 amide bonds. The van der Waals surface area contributed by atoms with E-state index < -0.39 is 0 Å². The van der Waals surface area contributed by atoms with Gasteiger partial charge in [0.05, 0.1) is 19.1 Å². The summed E-state index contributed by atoms with van der Waals surface area (Å²) in [6.45, 7) is 0. The molecule has 0 unspecified atom stereocenters. The van der Waals surface area contributed by atoms with Crippen LogP contribution in [0.25, 0.3) is 0 Å². The average Bonchev–Trinajstić information content (AvgIpc) is 3.07. The molecule has 1 heterocycles. The van der Waals surface area contributed by atoms with Gasteiger partial charge in [-0.2, -0.15) is 5.10 Å². The number of nitrogens with one attached hydrogen (secondary N) is 2. The van der Waals surface area contributed by atoms with Crippen molar-refractivity contribution in [1.82, 2.24) is 14.9 Å². The van der Waals surface area contributed by atoms with Crippen molar-refractivity contribution in [3.8, 4) is 11.5 Å². The Hall–Kier alpha value is -3.73. The Balaban J connectivity index is 1.53. The number of ether oxygens (including phenoxy) is 1. The molecule has 29 heavy (non-hydrogen) atoms. The number of phenolic OH excluding ortho intramolecular Hbond substituents is 1. The summed E-state index contributed by atoms with van der Waals surface area (Å²) in [5.41, 5.74) is 4.03. The summed E-state index contributed by atoms with van der Waals surface area (Å²) in [6, 6.07) is 14.0. The van der Waals surface area contributed by atoms with Crippen LogP contribution in [-0.4, -0.2) is 45.0 Å². The zero-order chi connectivity index (χ0) is 20.6. The minimum Gasteiger partial charge on any atom is -0.504 e. The molecule has 5 N–H and O–H groups in total. The molecule has 0 atom stereocenters. The van der Waals surface area contributed by atoms with Crippen molar-refractivity contribution in [3.63, 3.8) is 0 Å². The quantitative estimate of drug-likeness (QED) is 0.190. The van der Waals surface area contributed by atoms with E-state index in [0.29, 0.717) is 22.2 Å². The molecule has 150 valence electrons. The number of carbonyl (C=O) groups excluding carboxylic acids is 1. The van der Waals surface area contributed by atoms with Gasteiger partial charge in [0, 0.05) is 5.69 Å². The van der Waals surface area contributed by atoms with Gasteiger partial charge in [0.25, 0.3) is 5.95 Å². The van der Waals surface area contributed by atoms with Gasteiger partial charge in [0.1, 0.15) is 0 Å². The summed E-state index contributed by atoms with van der Waals surface area (Å²) >= 11 is 1.14. The van der Waals surface area contributed by atoms with Crippen LogP contribution in [0.3, 0.4) is 0 Å². The van der Waals surface area contributed by atoms with Gasteiger partial charge in [-0.3, -0.25) is 4.79 Å². The maximum absolute atomic E-state index is 12.0. The highest BCUT2D eigenvalue weighted by molar-refractivity contribution is 7.99. The number of hydrogen-bond donors (Lipinski definition) is 4. The largest absolute Gasteiger partial charge is 0.504 e. The molecule has 1 aromatic heterocycles. The Morgan fingerprint density at radius 2 is 2.10 bits per heavy atom. The van der Waals surface area contributed by atoms with E-state index in [1.165, 1.54) is 24.1 Å². The van der Waals surface area contributed by atoms with Crippen LogP contribution in [0.2, 0.25) is 0 Å². The lowest BCUT2D eigenvalue weighted by Gasteiger charge is -2.05. The number of benzene rings is 2. The number of nitrogens with zero attached hydrogens (tertiary/aromatic N) is 4. The lowest BCUT2D eigenvalue weighted by atomic mass is 10.2. The lowest BCUT2D eigenvalue weighted by Crippen LogP contribution is -2.16. The third-order valence-corrected chi connectivity index (χ3v) is 4.58. The van der Waals surface area contributed by atoms with Gasteiger partial charge in [-0.25, -0.2) is 10.1 Å². The molecular weight excluding hydrogens is 394 g/mol. The molecule has 0 saturated carbocycles. The second-order valence-corrected chi connectivity index (χ2v) is 6.62. The number of nitrogen functional groups attached to an aromatic ring is 1. The fraction of sp³-hybridized carbons (Fsp3) is 0.111. The van der Waals surface area contributed by atoms with Gasteiger partial charge in [-0.1, -0.05) is 30.0 Å². The summed E-state index contributed by atoms with van der Waals surface area (Å²) in [7, 11) is 1.47. The zero-order valence-electron chi connectivity index (χ0n) is 15.4. The Morgan fingerprint density at radius 3 is 2.83 bits per heavy atom. The molecule has 0 bridgehead atoms. The third kappa shape index (κ3) is 5.39. The van der Waals surface area contributed by atoms with E-state index in [1.807, 2.05) is 18.2 Å². The van der Waals surface area contributed by atoms with Gasteiger partial charge >= 0.3 is 0 Å². The number of aromatic hydroxyl groups is 1.